The molecule has 2 N–H and O–H groups in total. The van der Waals surface area contributed by atoms with Gasteiger partial charge in [-0.3, -0.25) is 0 Å². The van der Waals surface area contributed by atoms with Crippen molar-refractivity contribution in [1.29, 1.82) is 0 Å². The van der Waals surface area contributed by atoms with Gasteiger partial charge in [-0.15, -0.1) is 0 Å². The predicted octanol–water partition coefficient (Wildman–Crippen LogP) is 1.34. The molecule has 1 saturated heterocycles. The molecule has 2 unspecified atom stereocenters. The summed E-state index contributed by atoms with van der Waals surface area (Å²) in [7, 11) is 1.69. The molecular weight excluding hydrogens is 190 g/mol. The van der Waals surface area contributed by atoms with E-state index >= 15 is 0 Å². The Balaban J connectivity index is 2.16. The van der Waals surface area contributed by atoms with E-state index in [0.717, 1.165) is 18.7 Å². The average molecular weight is 207 g/mol. The number of hydrogen-bond donors (Lipinski definition) is 2. The fourth-order valence-corrected chi connectivity index (χ4v) is 2.14. The number of benzene rings is 1. The van der Waals surface area contributed by atoms with Crippen molar-refractivity contribution < 1.29 is 9.84 Å². The molecule has 1 heterocycles. The number of methoxy groups -OCH3 is 1. The highest BCUT2D eigenvalue weighted by Gasteiger charge is 2.26. The van der Waals surface area contributed by atoms with Crippen LogP contribution in [-0.2, 0) is 0 Å². The van der Waals surface area contributed by atoms with E-state index in [0.29, 0.717) is 12.0 Å². The van der Waals surface area contributed by atoms with Gasteiger partial charge in [0, 0.05) is 24.8 Å². The van der Waals surface area contributed by atoms with Gasteiger partial charge in [0.05, 0.1) is 7.11 Å². The minimum atomic E-state index is 0.263. The highest BCUT2D eigenvalue weighted by atomic mass is 16.5. The number of nitrogens with one attached hydrogen (secondary N) is 1. The van der Waals surface area contributed by atoms with E-state index in [1.807, 2.05) is 18.2 Å². The fourth-order valence-electron chi connectivity index (χ4n) is 2.14. The molecule has 1 fully saturated rings. The summed E-state index contributed by atoms with van der Waals surface area (Å²) in [6, 6.07) is 8.37. The smallest absolute Gasteiger partial charge is 0.123 e. The van der Waals surface area contributed by atoms with E-state index in [9.17, 15) is 0 Å². The van der Waals surface area contributed by atoms with Crippen LogP contribution in [0.1, 0.15) is 18.0 Å². The van der Waals surface area contributed by atoms with Crippen LogP contribution in [-0.4, -0.2) is 25.4 Å². The Kier molecular flexibility index (Phi) is 3.23. The van der Waals surface area contributed by atoms with Crippen molar-refractivity contribution in [2.24, 2.45) is 5.92 Å². The van der Waals surface area contributed by atoms with Crippen molar-refractivity contribution in [1.82, 2.24) is 5.32 Å². The average Bonchev–Trinajstić information content (AvgIpc) is 2.77. The van der Waals surface area contributed by atoms with Crippen LogP contribution >= 0.6 is 0 Å². The third-order valence-electron chi connectivity index (χ3n) is 2.99. The highest BCUT2D eigenvalue weighted by molar-refractivity contribution is 5.36. The molecule has 0 spiro atoms. The molecule has 3 nitrogen and oxygen atoms in total. The number of rotatable bonds is 3. The van der Waals surface area contributed by atoms with Gasteiger partial charge in [0.25, 0.3) is 0 Å². The Morgan fingerprint density at radius 3 is 2.93 bits per heavy atom. The van der Waals surface area contributed by atoms with Crippen LogP contribution in [0, 0.1) is 5.92 Å². The lowest BCUT2D eigenvalue weighted by Crippen LogP contribution is -2.15. The van der Waals surface area contributed by atoms with E-state index in [1.54, 1.807) is 7.11 Å². The molecule has 0 saturated carbocycles. The predicted molar refractivity (Wildman–Crippen MR) is 58.9 cm³/mol. The molecule has 3 heteroatoms. The Bertz CT molecular complexity index is 327. The van der Waals surface area contributed by atoms with E-state index in [2.05, 4.69) is 11.4 Å². The summed E-state index contributed by atoms with van der Waals surface area (Å²) in [6.45, 7) is 1.15. The molecule has 15 heavy (non-hydrogen) atoms. The largest absolute Gasteiger partial charge is 0.496 e. The van der Waals surface area contributed by atoms with E-state index in [-0.39, 0.29) is 6.61 Å². The molecule has 0 amide bonds. The van der Waals surface area contributed by atoms with Gasteiger partial charge in [-0.25, -0.2) is 0 Å². The Morgan fingerprint density at radius 2 is 2.27 bits per heavy atom. The first-order valence-electron chi connectivity index (χ1n) is 5.32. The monoisotopic (exact) mass is 207 g/mol. The summed E-state index contributed by atoms with van der Waals surface area (Å²) in [5.41, 5.74) is 1.19. The summed E-state index contributed by atoms with van der Waals surface area (Å²) in [5, 5.41) is 12.5. The van der Waals surface area contributed by atoms with Crippen molar-refractivity contribution in [3.63, 3.8) is 0 Å². The summed E-state index contributed by atoms with van der Waals surface area (Å²) in [4.78, 5) is 0. The summed E-state index contributed by atoms with van der Waals surface area (Å²) in [5.74, 6) is 1.30. The third kappa shape index (κ3) is 2.13. The maximum Gasteiger partial charge on any atom is 0.123 e. The SMILES string of the molecule is COc1ccccc1C1CC(CO)CN1. The van der Waals surface area contributed by atoms with Crippen molar-refractivity contribution in [3.05, 3.63) is 29.8 Å². The number of aliphatic hydroxyl groups excluding tert-OH is 1. The number of ether oxygens (including phenoxy) is 1. The van der Waals surface area contributed by atoms with Crippen molar-refractivity contribution >= 4 is 0 Å². The zero-order chi connectivity index (χ0) is 10.7. The molecular formula is C12H17NO2. The highest BCUT2D eigenvalue weighted by Crippen LogP contribution is 2.32. The normalized spacial score (nSPS) is 25.5. The van der Waals surface area contributed by atoms with Gasteiger partial charge in [-0.05, 0) is 18.4 Å². The summed E-state index contributed by atoms with van der Waals surface area (Å²) < 4.78 is 5.32. The van der Waals surface area contributed by atoms with E-state index < -0.39 is 0 Å². The summed E-state index contributed by atoms with van der Waals surface area (Å²) >= 11 is 0. The molecule has 0 radical (unpaired) electrons. The zero-order valence-electron chi connectivity index (χ0n) is 8.94. The molecule has 1 aromatic carbocycles. The van der Waals surface area contributed by atoms with Crippen LogP contribution in [0.2, 0.25) is 0 Å². The van der Waals surface area contributed by atoms with Crippen LogP contribution in [0.25, 0.3) is 0 Å². The van der Waals surface area contributed by atoms with Crippen LogP contribution in [0.15, 0.2) is 24.3 Å². The minimum Gasteiger partial charge on any atom is -0.496 e. The van der Waals surface area contributed by atoms with Gasteiger partial charge in [-0.2, -0.15) is 0 Å². The zero-order valence-corrected chi connectivity index (χ0v) is 8.94. The van der Waals surface area contributed by atoms with Crippen molar-refractivity contribution in [3.8, 4) is 5.75 Å². The molecule has 1 aliphatic heterocycles. The first-order chi connectivity index (χ1) is 7.35. The van der Waals surface area contributed by atoms with Crippen LogP contribution in [0.4, 0.5) is 0 Å². The first-order valence-corrected chi connectivity index (χ1v) is 5.32. The maximum absolute atomic E-state index is 9.09. The summed E-state index contributed by atoms with van der Waals surface area (Å²) in [6.07, 6.45) is 0.983. The Labute approximate surface area is 90.1 Å². The second kappa shape index (κ2) is 4.64. The van der Waals surface area contributed by atoms with Gasteiger partial charge in [0.2, 0.25) is 0 Å². The van der Waals surface area contributed by atoms with E-state index in [1.165, 1.54) is 5.56 Å². The van der Waals surface area contributed by atoms with Gasteiger partial charge < -0.3 is 15.2 Å². The topological polar surface area (TPSA) is 41.5 Å². The molecule has 1 aliphatic rings. The van der Waals surface area contributed by atoms with Gasteiger partial charge in [0.15, 0.2) is 0 Å². The fraction of sp³-hybridized carbons (Fsp3) is 0.500. The molecule has 0 bridgehead atoms. The lowest BCUT2D eigenvalue weighted by molar-refractivity contribution is 0.235. The second-order valence-corrected chi connectivity index (χ2v) is 3.99. The first kappa shape index (κ1) is 10.5. The van der Waals surface area contributed by atoms with Crippen LogP contribution in [0.5, 0.6) is 5.75 Å². The minimum absolute atomic E-state index is 0.263. The van der Waals surface area contributed by atoms with Gasteiger partial charge in [0.1, 0.15) is 5.75 Å². The quantitative estimate of drug-likeness (QED) is 0.786. The lowest BCUT2D eigenvalue weighted by Gasteiger charge is -2.14. The molecule has 0 aliphatic carbocycles. The van der Waals surface area contributed by atoms with Crippen LogP contribution < -0.4 is 10.1 Å². The number of hydrogen-bond acceptors (Lipinski definition) is 3. The molecule has 2 atom stereocenters. The number of aliphatic hydroxyl groups is 1. The second-order valence-electron chi connectivity index (χ2n) is 3.99. The van der Waals surface area contributed by atoms with Gasteiger partial charge in [-0.1, -0.05) is 18.2 Å². The number of para-hydroxylation sites is 1. The molecule has 2 rings (SSSR count). The third-order valence-corrected chi connectivity index (χ3v) is 2.99. The standard InChI is InChI=1S/C12H17NO2/c1-15-12-5-3-2-4-10(12)11-6-9(8-14)7-13-11/h2-5,9,11,13-14H,6-8H2,1H3. The Morgan fingerprint density at radius 1 is 1.47 bits per heavy atom. The van der Waals surface area contributed by atoms with Gasteiger partial charge >= 0.3 is 0 Å². The van der Waals surface area contributed by atoms with Crippen LogP contribution in [0.3, 0.4) is 0 Å². The lowest BCUT2D eigenvalue weighted by atomic mass is 10.00. The molecule has 82 valence electrons. The Hall–Kier alpha value is -1.06. The maximum atomic E-state index is 9.09. The van der Waals surface area contributed by atoms with Crippen molar-refractivity contribution in [2.75, 3.05) is 20.3 Å². The molecule has 1 aromatic rings. The van der Waals surface area contributed by atoms with Crippen molar-refractivity contribution in [2.45, 2.75) is 12.5 Å². The molecule has 0 aromatic heterocycles. The van der Waals surface area contributed by atoms with E-state index in [4.69, 9.17) is 9.84 Å².